The zero-order valence-corrected chi connectivity index (χ0v) is 12.6. The summed E-state index contributed by atoms with van der Waals surface area (Å²) in [7, 11) is 0. The minimum atomic E-state index is -0.195. The van der Waals surface area contributed by atoms with Gasteiger partial charge in [-0.15, -0.1) is 0 Å². The largest absolute Gasteiger partial charge is 0.356 e. The molecule has 2 aromatic heterocycles. The zero-order valence-electron chi connectivity index (χ0n) is 11.8. The number of benzene rings is 1. The second-order valence-electron chi connectivity index (χ2n) is 4.86. The van der Waals surface area contributed by atoms with Crippen LogP contribution in [-0.2, 0) is 0 Å². The Labute approximate surface area is 132 Å². The molecule has 22 heavy (non-hydrogen) atoms. The van der Waals surface area contributed by atoms with Crippen molar-refractivity contribution in [1.82, 2.24) is 25.1 Å². The van der Waals surface area contributed by atoms with E-state index in [-0.39, 0.29) is 11.9 Å². The summed E-state index contributed by atoms with van der Waals surface area (Å²) >= 11 is 5.80. The van der Waals surface area contributed by atoms with Crippen LogP contribution in [0.4, 0.5) is 0 Å². The molecule has 0 aliphatic rings. The molecule has 1 unspecified atom stereocenters. The predicted octanol–water partition coefficient (Wildman–Crippen LogP) is 2.74. The highest BCUT2D eigenvalue weighted by Gasteiger charge is 2.13. The molecule has 2 N–H and O–H groups in total. The normalized spacial score (nSPS) is 12.1. The van der Waals surface area contributed by atoms with Crippen molar-refractivity contribution in [2.45, 2.75) is 13.0 Å². The Bertz CT molecular complexity index is 764. The standard InChI is InChI=1S/C15H14ClN5O/c1-10(20-15(22)14-6-12(16)7-18-14)11-2-4-13(5-3-11)21-9-17-8-19-21/h2-10,18H,1H3,(H,20,22). The average molecular weight is 316 g/mol. The summed E-state index contributed by atoms with van der Waals surface area (Å²) in [5.74, 6) is -0.195. The molecule has 0 saturated heterocycles. The van der Waals surface area contributed by atoms with Gasteiger partial charge in [-0.2, -0.15) is 5.10 Å². The van der Waals surface area contributed by atoms with Crippen LogP contribution in [0.15, 0.2) is 49.2 Å². The number of aromatic amines is 1. The Balaban J connectivity index is 1.69. The van der Waals surface area contributed by atoms with Crippen LogP contribution >= 0.6 is 11.6 Å². The van der Waals surface area contributed by atoms with Gasteiger partial charge in [-0.1, -0.05) is 23.7 Å². The fraction of sp³-hybridized carbons (Fsp3) is 0.133. The van der Waals surface area contributed by atoms with Crippen molar-refractivity contribution in [1.29, 1.82) is 0 Å². The van der Waals surface area contributed by atoms with E-state index in [1.54, 1.807) is 23.3 Å². The van der Waals surface area contributed by atoms with Gasteiger partial charge in [0.25, 0.3) is 5.91 Å². The van der Waals surface area contributed by atoms with E-state index in [1.807, 2.05) is 31.2 Å². The second kappa shape index (κ2) is 6.03. The topological polar surface area (TPSA) is 75.6 Å². The molecule has 1 atom stereocenters. The summed E-state index contributed by atoms with van der Waals surface area (Å²) in [5.41, 5.74) is 2.35. The summed E-state index contributed by atoms with van der Waals surface area (Å²) < 4.78 is 1.67. The predicted molar refractivity (Wildman–Crippen MR) is 83.0 cm³/mol. The number of aromatic nitrogens is 4. The van der Waals surface area contributed by atoms with E-state index < -0.39 is 0 Å². The molecule has 0 aliphatic heterocycles. The first kappa shape index (κ1) is 14.3. The van der Waals surface area contributed by atoms with Crippen molar-refractivity contribution in [2.24, 2.45) is 0 Å². The molecule has 1 aromatic carbocycles. The lowest BCUT2D eigenvalue weighted by molar-refractivity contribution is 0.0935. The molecule has 0 bridgehead atoms. The molecule has 1 amide bonds. The Hall–Kier alpha value is -2.60. The number of amides is 1. The van der Waals surface area contributed by atoms with Gasteiger partial charge in [0, 0.05) is 6.20 Å². The van der Waals surface area contributed by atoms with Gasteiger partial charge in [-0.3, -0.25) is 4.79 Å². The van der Waals surface area contributed by atoms with Crippen LogP contribution in [0.3, 0.4) is 0 Å². The molecule has 0 fully saturated rings. The van der Waals surface area contributed by atoms with Crippen molar-refractivity contribution in [3.63, 3.8) is 0 Å². The van der Waals surface area contributed by atoms with Crippen molar-refractivity contribution in [3.05, 3.63) is 65.5 Å². The van der Waals surface area contributed by atoms with Crippen molar-refractivity contribution in [2.75, 3.05) is 0 Å². The number of hydrogen-bond acceptors (Lipinski definition) is 3. The highest BCUT2D eigenvalue weighted by atomic mass is 35.5. The molecule has 0 aliphatic carbocycles. The summed E-state index contributed by atoms with van der Waals surface area (Å²) in [5, 5.41) is 7.50. The smallest absolute Gasteiger partial charge is 0.268 e. The van der Waals surface area contributed by atoms with E-state index in [9.17, 15) is 4.79 Å². The van der Waals surface area contributed by atoms with Crippen LogP contribution in [0.25, 0.3) is 5.69 Å². The third kappa shape index (κ3) is 3.01. The van der Waals surface area contributed by atoms with Gasteiger partial charge in [-0.25, -0.2) is 9.67 Å². The molecule has 6 nitrogen and oxygen atoms in total. The summed E-state index contributed by atoms with van der Waals surface area (Å²) in [6.45, 7) is 1.92. The van der Waals surface area contributed by atoms with Gasteiger partial charge in [0.1, 0.15) is 18.3 Å². The lowest BCUT2D eigenvalue weighted by atomic mass is 10.1. The number of halogens is 1. The fourth-order valence-corrected chi connectivity index (χ4v) is 2.28. The Kier molecular flexibility index (Phi) is 3.93. The number of H-pyrrole nitrogens is 1. The molecule has 3 aromatic rings. The third-order valence-corrected chi connectivity index (χ3v) is 3.53. The fourth-order valence-electron chi connectivity index (χ4n) is 2.11. The minimum absolute atomic E-state index is 0.126. The first-order valence-corrected chi connectivity index (χ1v) is 7.11. The first-order chi connectivity index (χ1) is 10.6. The highest BCUT2D eigenvalue weighted by molar-refractivity contribution is 6.30. The van der Waals surface area contributed by atoms with Gasteiger partial charge < -0.3 is 10.3 Å². The van der Waals surface area contributed by atoms with E-state index in [0.29, 0.717) is 10.7 Å². The maximum Gasteiger partial charge on any atom is 0.268 e. The van der Waals surface area contributed by atoms with Crippen LogP contribution in [0.2, 0.25) is 5.02 Å². The second-order valence-corrected chi connectivity index (χ2v) is 5.29. The number of carbonyl (C=O) groups excluding carboxylic acids is 1. The van der Waals surface area contributed by atoms with E-state index in [0.717, 1.165) is 11.3 Å². The van der Waals surface area contributed by atoms with Gasteiger partial charge in [-0.05, 0) is 30.7 Å². The minimum Gasteiger partial charge on any atom is -0.356 e. The number of hydrogen-bond donors (Lipinski definition) is 2. The number of rotatable bonds is 4. The molecule has 7 heteroatoms. The van der Waals surface area contributed by atoms with E-state index in [1.165, 1.54) is 6.33 Å². The molecular formula is C15H14ClN5O. The molecule has 0 radical (unpaired) electrons. The molecular weight excluding hydrogens is 302 g/mol. The van der Waals surface area contributed by atoms with Crippen LogP contribution < -0.4 is 5.32 Å². The van der Waals surface area contributed by atoms with Crippen LogP contribution in [0.1, 0.15) is 29.0 Å². The molecule has 112 valence electrons. The number of nitrogens with zero attached hydrogens (tertiary/aromatic N) is 3. The lowest BCUT2D eigenvalue weighted by Crippen LogP contribution is -2.26. The summed E-state index contributed by atoms with van der Waals surface area (Å²) in [6.07, 6.45) is 4.70. The SMILES string of the molecule is CC(NC(=O)c1cc(Cl)c[nH]1)c1ccc(-n2cncn2)cc1. The van der Waals surface area contributed by atoms with E-state index in [4.69, 9.17) is 11.6 Å². The molecule has 0 saturated carbocycles. The van der Waals surface area contributed by atoms with Gasteiger partial charge in [0.05, 0.1) is 16.8 Å². The monoisotopic (exact) mass is 315 g/mol. The lowest BCUT2D eigenvalue weighted by Gasteiger charge is -2.14. The maximum atomic E-state index is 12.1. The molecule has 3 rings (SSSR count). The van der Waals surface area contributed by atoms with E-state index >= 15 is 0 Å². The van der Waals surface area contributed by atoms with Crippen LogP contribution in [0.5, 0.6) is 0 Å². The zero-order chi connectivity index (χ0) is 15.5. The summed E-state index contributed by atoms with van der Waals surface area (Å²) in [4.78, 5) is 18.8. The Morgan fingerprint density at radius 1 is 1.36 bits per heavy atom. The quantitative estimate of drug-likeness (QED) is 0.777. The van der Waals surface area contributed by atoms with Crippen LogP contribution in [-0.4, -0.2) is 25.7 Å². The third-order valence-electron chi connectivity index (χ3n) is 3.32. The first-order valence-electron chi connectivity index (χ1n) is 6.73. The van der Waals surface area contributed by atoms with Gasteiger partial charge >= 0.3 is 0 Å². The Morgan fingerprint density at radius 3 is 2.73 bits per heavy atom. The highest BCUT2D eigenvalue weighted by Crippen LogP contribution is 2.16. The van der Waals surface area contributed by atoms with Gasteiger partial charge in [0.15, 0.2) is 0 Å². The maximum absolute atomic E-state index is 12.1. The van der Waals surface area contributed by atoms with E-state index in [2.05, 4.69) is 20.4 Å². The number of carbonyl (C=O) groups is 1. The summed E-state index contributed by atoms with van der Waals surface area (Å²) in [6, 6.07) is 9.22. The molecule has 0 spiro atoms. The van der Waals surface area contributed by atoms with Crippen molar-refractivity contribution >= 4 is 17.5 Å². The van der Waals surface area contributed by atoms with Crippen LogP contribution in [0, 0.1) is 0 Å². The average Bonchev–Trinajstić information content (AvgIpc) is 3.18. The Morgan fingerprint density at radius 2 is 2.14 bits per heavy atom. The number of nitrogens with one attached hydrogen (secondary N) is 2. The van der Waals surface area contributed by atoms with Gasteiger partial charge in [0.2, 0.25) is 0 Å². The molecule has 2 heterocycles. The van der Waals surface area contributed by atoms with Crippen molar-refractivity contribution < 1.29 is 4.79 Å². The van der Waals surface area contributed by atoms with Crippen molar-refractivity contribution in [3.8, 4) is 5.69 Å².